The molecule has 0 unspecified atom stereocenters. The van der Waals surface area contributed by atoms with Crippen molar-refractivity contribution in [1.82, 2.24) is 5.32 Å². The van der Waals surface area contributed by atoms with Gasteiger partial charge >= 0.3 is 0 Å². The van der Waals surface area contributed by atoms with Crippen molar-refractivity contribution in [2.45, 2.75) is 25.7 Å². The Balaban J connectivity index is 1.93. The van der Waals surface area contributed by atoms with E-state index in [9.17, 15) is 9.18 Å². The number of nitrogens with one attached hydrogen (secondary N) is 2. The molecule has 1 aliphatic rings. The highest BCUT2D eigenvalue weighted by Crippen LogP contribution is 2.26. The van der Waals surface area contributed by atoms with Gasteiger partial charge in [-0.2, -0.15) is 0 Å². The van der Waals surface area contributed by atoms with E-state index in [-0.39, 0.29) is 11.7 Å². The van der Waals surface area contributed by atoms with Gasteiger partial charge in [-0.3, -0.25) is 4.79 Å². The lowest BCUT2D eigenvalue weighted by atomic mass is 10.2. The Hall–Kier alpha value is -1.62. The third-order valence-corrected chi connectivity index (χ3v) is 3.51. The SMILES string of the molecule is CNCCCC(=O)Nc1ccc(N2CCCC2)c(F)c1. The molecule has 20 heavy (non-hydrogen) atoms. The van der Waals surface area contributed by atoms with Crippen molar-refractivity contribution in [3.63, 3.8) is 0 Å². The second kappa shape index (κ2) is 7.24. The van der Waals surface area contributed by atoms with Gasteiger partial charge in [-0.1, -0.05) is 0 Å². The van der Waals surface area contributed by atoms with Crippen LogP contribution in [0.1, 0.15) is 25.7 Å². The van der Waals surface area contributed by atoms with Gasteiger partial charge in [-0.25, -0.2) is 4.39 Å². The summed E-state index contributed by atoms with van der Waals surface area (Å²) in [7, 11) is 1.85. The lowest BCUT2D eigenvalue weighted by Gasteiger charge is -2.18. The molecule has 0 spiro atoms. The van der Waals surface area contributed by atoms with Crippen LogP contribution in [0.25, 0.3) is 0 Å². The molecule has 0 atom stereocenters. The molecule has 1 heterocycles. The van der Waals surface area contributed by atoms with E-state index in [0.29, 0.717) is 17.8 Å². The third-order valence-electron chi connectivity index (χ3n) is 3.51. The highest BCUT2D eigenvalue weighted by atomic mass is 19.1. The summed E-state index contributed by atoms with van der Waals surface area (Å²) in [6, 6.07) is 4.93. The van der Waals surface area contributed by atoms with Crippen LogP contribution in [0.4, 0.5) is 15.8 Å². The van der Waals surface area contributed by atoms with Crippen LogP contribution >= 0.6 is 0 Å². The summed E-state index contributed by atoms with van der Waals surface area (Å²) in [6.45, 7) is 2.62. The zero-order valence-electron chi connectivity index (χ0n) is 11.9. The Bertz CT molecular complexity index is 458. The van der Waals surface area contributed by atoms with Crippen LogP contribution in [0.3, 0.4) is 0 Å². The topological polar surface area (TPSA) is 44.4 Å². The maximum absolute atomic E-state index is 14.1. The molecule has 1 aromatic rings. The van der Waals surface area contributed by atoms with Gasteiger partial charge in [0.05, 0.1) is 5.69 Å². The number of nitrogens with zero attached hydrogens (tertiary/aromatic N) is 1. The zero-order chi connectivity index (χ0) is 14.4. The summed E-state index contributed by atoms with van der Waals surface area (Å²) in [6.07, 6.45) is 3.44. The lowest BCUT2D eigenvalue weighted by molar-refractivity contribution is -0.116. The molecule has 2 rings (SSSR count). The molecule has 1 amide bonds. The Morgan fingerprint density at radius 2 is 2.10 bits per heavy atom. The smallest absolute Gasteiger partial charge is 0.224 e. The number of halogens is 1. The quantitative estimate of drug-likeness (QED) is 0.786. The van der Waals surface area contributed by atoms with Gasteiger partial charge in [-0.05, 0) is 51.1 Å². The molecule has 4 nitrogen and oxygen atoms in total. The zero-order valence-corrected chi connectivity index (χ0v) is 11.9. The molecule has 0 radical (unpaired) electrons. The van der Waals surface area contributed by atoms with Crippen LogP contribution in [0.15, 0.2) is 18.2 Å². The average molecular weight is 279 g/mol. The normalized spacial score (nSPS) is 14.6. The predicted molar refractivity (Wildman–Crippen MR) is 79.6 cm³/mol. The fraction of sp³-hybridized carbons (Fsp3) is 0.533. The molecule has 0 aromatic heterocycles. The number of rotatable bonds is 6. The van der Waals surface area contributed by atoms with E-state index >= 15 is 0 Å². The Morgan fingerprint density at radius 1 is 1.35 bits per heavy atom. The summed E-state index contributed by atoms with van der Waals surface area (Å²) in [4.78, 5) is 13.7. The highest BCUT2D eigenvalue weighted by molar-refractivity contribution is 5.90. The van der Waals surface area contributed by atoms with Crippen LogP contribution in [0.2, 0.25) is 0 Å². The first-order valence-corrected chi connectivity index (χ1v) is 7.19. The van der Waals surface area contributed by atoms with E-state index < -0.39 is 0 Å². The second-order valence-corrected chi connectivity index (χ2v) is 5.12. The molecule has 1 aromatic carbocycles. The Morgan fingerprint density at radius 3 is 2.75 bits per heavy atom. The summed E-state index contributed by atoms with van der Waals surface area (Å²) < 4.78 is 14.1. The molecule has 1 aliphatic heterocycles. The van der Waals surface area contributed by atoms with Gasteiger partial charge in [0, 0.05) is 25.2 Å². The third kappa shape index (κ3) is 3.93. The predicted octanol–water partition coefficient (Wildman–Crippen LogP) is 2.36. The number of hydrogen-bond acceptors (Lipinski definition) is 3. The number of amides is 1. The van der Waals surface area contributed by atoms with E-state index in [1.807, 2.05) is 11.9 Å². The number of carbonyl (C=O) groups excluding carboxylic acids is 1. The molecule has 1 fully saturated rings. The molecule has 1 saturated heterocycles. The van der Waals surface area contributed by atoms with Gasteiger partial charge < -0.3 is 15.5 Å². The maximum Gasteiger partial charge on any atom is 0.224 e. The first-order valence-electron chi connectivity index (χ1n) is 7.19. The second-order valence-electron chi connectivity index (χ2n) is 5.12. The van der Waals surface area contributed by atoms with Crippen LogP contribution in [0, 0.1) is 5.82 Å². The van der Waals surface area contributed by atoms with Crippen molar-refractivity contribution < 1.29 is 9.18 Å². The molecular weight excluding hydrogens is 257 g/mol. The van der Waals surface area contributed by atoms with E-state index in [0.717, 1.165) is 38.9 Å². The van der Waals surface area contributed by atoms with E-state index in [4.69, 9.17) is 0 Å². The van der Waals surface area contributed by atoms with Crippen LogP contribution in [-0.4, -0.2) is 32.6 Å². The minimum atomic E-state index is -0.264. The minimum absolute atomic E-state index is 0.0754. The van der Waals surface area contributed by atoms with Crippen molar-refractivity contribution in [3.8, 4) is 0 Å². The first kappa shape index (κ1) is 14.8. The first-order chi connectivity index (χ1) is 9.70. The summed E-state index contributed by atoms with van der Waals surface area (Å²) in [5, 5.41) is 5.72. The summed E-state index contributed by atoms with van der Waals surface area (Å²) in [5.41, 5.74) is 1.16. The average Bonchev–Trinajstić information content (AvgIpc) is 2.93. The van der Waals surface area contributed by atoms with Crippen molar-refractivity contribution >= 4 is 17.3 Å². The monoisotopic (exact) mass is 279 g/mol. The number of anilines is 2. The Kier molecular flexibility index (Phi) is 5.35. The van der Waals surface area contributed by atoms with Crippen molar-refractivity contribution in [2.24, 2.45) is 0 Å². The number of hydrogen-bond donors (Lipinski definition) is 2. The summed E-state index contributed by atoms with van der Waals surface area (Å²) in [5.74, 6) is -0.339. The minimum Gasteiger partial charge on any atom is -0.369 e. The molecule has 0 aliphatic carbocycles. The largest absolute Gasteiger partial charge is 0.369 e. The van der Waals surface area contributed by atoms with Crippen molar-refractivity contribution in [1.29, 1.82) is 0 Å². The van der Waals surface area contributed by atoms with E-state index in [2.05, 4.69) is 10.6 Å². The highest BCUT2D eigenvalue weighted by Gasteiger charge is 2.16. The molecule has 110 valence electrons. The molecular formula is C15H22FN3O. The maximum atomic E-state index is 14.1. The standard InChI is InChI=1S/C15H22FN3O/c1-17-8-4-5-15(20)18-12-6-7-14(13(16)11-12)19-9-2-3-10-19/h6-7,11,17H,2-5,8-10H2,1H3,(H,18,20). The summed E-state index contributed by atoms with van der Waals surface area (Å²) >= 11 is 0. The molecule has 0 bridgehead atoms. The van der Waals surface area contributed by atoms with Crippen LogP contribution in [-0.2, 0) is 4.79 Å². The van der Waals surface area contributed by atoms with E-state index in [1.54, 1.807) is 12.1 Å². The lowest BCUT2D eigenvalue weighted by Crippen LogP contribution is -2.19. The van der Waals surface area contributed by atoms with Crippen LogP contribution < -0.4 is 15.5 Å². The van der Waals surface area contributed by atoms with Gasteiger partial charge in [0.15, 0.2) is 0 Å². The number of carbonyl (C=O) groups is 1. The fourth-order valence-corrected chi connectivity index (χ4v) is 2.45. The molecule has 5 heteroatoms. The van der Waals surface area contributed by atoms with Crippen LogP contribution in [0.5, 0.6) is 0 Å². The van der Waals surface area contributed by atoms with Gasteiger partial charge in [-0.15, -0.1) is 0 Å². The fourth-order valence-electron chi connectivity index (χ4n) is 2.45. The number of benzene rings is 1. The van der Waals surface area contributed by atoms with E-state index in [1.165, 1.54) is 6.07 Å². The van der Waals surface area contributed by atoms with Gasteiger partial charge in [0.25, 0.3) is 0 Å². The molecule has 2 N–H and O–H groups in total. The Labute approximate surface area is 119 Å². The van der Waals surface area contributed by atoms with Gasteiger partial charge in [0.2, 0.25) is 5.91 Å². The van der Waals surface area contributed by atoms with Crippen molar-refractivity contribution in [2.75, 3.05) is 36.9 Å². The van der Waals surface area contributed by atoms with Gasteiger partial charge in [0.1, 0.15) is 5.82 Å². The van der Waals surface area contributed by atoms with Crippen molar-refractivity contribution in [3.05, 3.63) is 24.0 Å². The molecule has 0 saturated carbocycles.